The summed E-state index contributed by atoms with van der Waals surface area (Å²) in [7, 11) is 0. The van der Waals surface area contributed by atoms with Crippen LogP contribution in [0.3, 0.4) is 0 Å². The first kappa shape index (κ1) is 13.7. The highest BCUT2D eigenvalue weighted by Gasteiger charge is 2.24. The van der Waals surface area contributed by atoms with Gasteiger partial charge in [-0.15, -0.1) is 0 Å². The Morgan fingerprint density at radius 2 is 2.29 bits per heavy atom. The van der Waals surface area contributed by atoms with Crippen LogP contribution in [0.2, 0.25) is 0 Å². The average Bonchev–Trinajstić information content (AvgIpc) is 2.88. The van der Waals surface area contributed by atoms with Crippen molar-refractivity contribution in [3.05, 3.63) is 46.8 Å². The summed E-state index contributed by atoms with van der Waals surface area (Å²) in [5, 5.41) is 9.94. The molecule has 1 aliphatic carbocycles. The van der Waals surface area contributed by atoms with Crippen molar-refractivity contribution in [1.82, 2.24) is 15.5 Å². The van der Waals surface area contributed by atoms with Gasteiger partial charge in [0, 0.05) is 0 Å². The number of nitrogen functional groups attached to an aromatic ring is 1. The first-order chi connectivity index (χ1) is 10.2. The summed E-state index contributed by atoms with van der Waals surface area (Å²) in [4.78, 5) is 12.4. The molecule has 2 aromatic rings. The zero-order chi connectivity index (χ0) is 14.8. The van der Waals surface area contributed by atoms with E-state index in [1.165, 1.54) is 11.1 Å². The first-order valence-corrected chi connectivity index (χ1v) is 7.42. The van der Waals surface area contributed by atoms with E-state index in [0.29, 0.717) is 11.4 Å². The minimum Gasteiger partial charge on any atom is -0.395 e. The number of amides is 1. The summed E-state index contributed by atoms with van der Waals surface area (Å²) in [5.74, 6) is -0.204. The van der Waals surface area contributed by atoms with Crippen molar-refractivity contribution < 1.29 is 4.79 Å². The summed E-state index contributed by atoms with van der Waals surface area (Å²) < 4.78 is 0. The molecule has 1 heterocycles. The number of aromatic nitrogens is 2. The third-order valence-corrected chi connectivity index (χ3v) is 4.13. The lowest BCUT2D eigenvalue weighted by molar-refractivity contribution is 0.0928. The molecule has 1 unspecified atom stereocenters. The second kappa shape index (κ2) is 5.60. The standard InChI is InChI=1S/C16H20N4O/c1-2-12-14(17)15(20-19-12)16(21)18-13-9-5-7-10-6-3-4-8-11(10)13/h3-4,6,8,13H,2,5,7,9,17H2,1H3,(H,18,21)(H,19,20). The number of aromatic amines is 1. The van der Waals surface area contributed by atoms with E-state index >= 15 is 0 Å². The average molecular weight is 284 g/mol. The van der Waals surface area contributed by atoms with Crippen molar-refractivity contribution in [2.24, 2.45) is 0 Å². The van der Waals surface area contributed by atoms with E-state index in [1.54, 1.807) is 0 Å². The van der Waals surface area contributed by atoms with Crippen molar-refractivity contribution >= 4 is 11.6 Å². The number of hydrogen-bond donors (Lipinski definition) is 3. The number of benzene rings is 1. The highest BCUT2D eigenvalue weighted by atomic mass is 16.2. The van der Waals surface area contributed by atoms with Crippen LogP contribution in [0.25, 0.3) is 0 Å². The van der Waals surface area contributed by atoms with Gasteiger partial charge < -0.3 is 11.1 Å². The predicted octanol–water partition coefficient (Wildman–Crippen LogP) is 2.36. The molecule has 0 saturated heterocycles. The van der Waals surface area contributed by atoms with Gasteiger partial charge in [0.15, 0.2) is 5.69 Å². The van der Waals surface area contributed by atoms with Gasteiger partial charge in [0.05, 0.1) is 17.4 Å². The van der Waals surface area contributed by atoms with Gasteiger partial charge >= 0.3 is 0 Å². The Morgan fingerprint density at radius 3 is 3.05 bits per heavy atom. The van der Waals surface area contributed by atoms with Crippen molar-refractivity contribution in [3.63, 3.8) is 0 Å². The number of nitrogens with zero attached hydrogens (tertiary/aromatic N) is 1. The Balaban J connectivity index is 1.81. The monoisotopic (exact) mass is 284 g/mol. The van der Waals surface area contributed by atoms with Crippen LogP contribution in [-0.4, -0.2) is 16.1 Å². The number of carbonyl (C=O) groups excluding carboxylic acids is 1. The molecule has 0 saturated carbocycles. The zero-order valence-corrected chi connectivity index (χ0v) is 12.1. The molecule has 5 heteroatoms. The van der Waals surface area contributed by atoms with Crippen LogP contribution < -0.4 is 11.1 Å². The molecule has 1 aliphatic rings. The molecule has 5 nitrogen and oxygen atoms in total. The molecule has 1 aromatic carbocycles. The molecule has 1 amide bonds. The van der Waals surface area contributed by atoms with Crippen molar-refractivity contribution in [1.29, 1.82) is 0 Å². The summed E-state index contributed by atoms with van der Waals surface area (Å²) in [6.45, 7) is 1.98. The van der Waals surface area contributed by atoms with Gasteiger partial charge in [-0.2, -0.15) is 5.10 Å². The third-order valence-electron chi connectivity index (χ3n) is 4.13. The lowest BCUT2D eigenvalue weighted by Gasteiger charge is -2.26. The summed E-state index contributed by atoms with van der Waals surface area (Å²) in [6.07, 6.45) is 3.84. The maximum absolute atomic E-state index is 12.4. The van der Waals surface area contributed by atoms with Gasteiger partial charge in [0.2, 0.25) is 0 Å². The van der Waals surface area contributed by atoms with Gasteiger partial charge in [-0.3, -0.25) is 9.89 Å². The molecule has 1 aromatic heterocycles. The zero-order valence-electron chi connectivity index (χ0n) is 12.1. The van der Waals surface area contributed by atoms with Crippen molar-refractivity contribution in [2.45, 2.75) is 38.6 Å². The van der Waals surface area contributed by atoms with E-state index in [0.717, 1.165) is 31.4 Å². The molecule has 3 rings (SSSR count). The topological polar surface area (TPSA) is 83.8 Å². The molecule has 0 aliphatic heterocycles. The van der Waals surface area contributed by atoms with Gasteiger partial charge in [-0.05, 0) is 36.8 Å². The van der Waals surface area contributed by atoms with Crippen LogP contribution in [0.1, 0.15) is 53.1 Å². The number of anilines is 1. The van der Waals surface area contributed by atoms with Gasteiger partial charge in [0.25, 0.3) is 5.91 Å². The molecule has 4 N–H and O–H groups in total. The van der Waals surface area contributed by atoms with Crippen molar-refractivity contribution in [3.8, 4) is 0 Å². The van der Waals surface area contributed by atoms with Crippen LogP contribution in [0, 0.1) is 0 Å². The van der Waals surface area contributed by atoms with E-state index < -0.39 is 0 Å². The third kappa shape index (κ3) is 2.51. The smallest absolute Gasteiger partial charge is 0.274 e. The normalized spacial score (nSPS) is 17.3. The molecule has 110 valence electrons. The number of rotatable bonds is 3. The fourth-order valence-corrected chi connectivity index (χ4v) is 2.96. The quantitative estimate of drug-likeness (QED) is 0.809. The minimum atomic E-state index is -0.204. The Bertz CT molecular complexity index is 662. The van der Waals surface area contributed by atoms with E-state index in [2.05, 4.69) is 27.6 Å². The maximum atomic E-state index is 12.4. The Morgan fingerprint density at radius 1 is 1.48 bits per heavy atom. The van der Waals surface area contributed by atoms with Gasteiger partial charge in [0.1, 0.15) is 0 Å². The lowest BCUT2D eigenvalue weighted by atomic mass is 9.87. The molecule has 1 atom stereocenters. The Hall–Kier alpha value is -2.30. The number of aryl methyl sites for hydroxylation is 2. The summed E-state index contributed by atoms with van der Waals surface area (Å²) >= 11 is 0. The van der Waals surface area contributed by atoms with Gasteiger partial charge in [-0.1, -0.05) is 31.2 Å². The Kier molecular flexibility index (Phi) is 3.64. The van der Waals surface area contributed by atoms with Gasteiger partial charge in [-0.25, -0.2) is 0 Å². The molecule has 0 radical (unpaired) electrons. The molecular weight excluding hydrogens is 264 g/mol. The second-order valence-corrected chi connectivity index (χ2v) is 5.44. The number of nitrogens with two attached hydrogens (primary N) is 1. The Labute approximate surface area is 123 Å². The van der Waals surface area contributed by atoms with E-state index in [9.17, 15) is 4.79 Å². The molecule has 0 spiro atoms. The van der Waals surface area contributed by atoms with E-state index in [-0.39, 0.29) is 11.9 Å². The van der Waals surface area contributed by atoms with E-state index in [1.807, 2.05) is 19.1 Å². The summed E-state index contributed by atoms with van der Waals surface area (Å²) in [6, 6.07) is 8.32. The number of hydrogen-bond acceptors (Lipinski definition) is 3. The van der Waals surface area contributed by atoms with Crippen LogP contribution >= 0.6 is 0 Å². The number of fused-ring (bicyclic) bond motifs is 1. The fraction of sp³-hybridized carbons (Fsp3) is 0.375. The van der Waals surface area contributed by atoms with Crippen LogP contribution in [0.5, 0.6) is 0 Å². The predicted molar refractivity (Wildman–Crippen MR) is 82.0 cm³/mol. The van der Waals surface area contributed by atoms with Crippen LogP contribution in [0.15, 0.2) is 24.3 Å². The van der Waals surface area contributed by atoms with Crippen molar-refractivity contribution in [2.75, 3.05) is 5.73 Å². The minimum absolute atomic E-state index is 0.0450. The SMILES string of the molecule is CCc1[nH]nc(C(=O)NC2CCCc3ccccc32)c1N. The number of nitrogens with one attached hydrogen (secondary N) is 2. The van der Waals surface area contributed by atoms with Crippen LogP contribution in [-0.2, 0) is 12.8 Å². The number of carbonyl (C=O) groups is 1. The number of H-pyrrole nitrogens is 1. The molecular formula is C16H20N4O. The lowest BCUT2D eigenvalue weighted by Crippen LogP contribution is -2.31. The summed E-state index contributed by atoms with van der Waals surface area (Å²) in [5.41, 5.74) is 10.1. The van der Waals surface area contributed by atoms with E-state index in [4.69, 9.17) is 5.73 Å². The first-order valence-electron chi connectivity index (χ1n) is 7.42. The largest absolute Gasteiger partial charge is 0.395 e. The highest BCUT2D eigenvalue weighted by Crippen LogP contribution is 2.29. The molecule has 21 heavy (non-hydrogen) atoms. The second-order valence-electron chi connectivity index (χ2n) is 5.44. The van der Waals surface area contributed by atoms with Crippen LogP contribution in [0.4, 0.5) is 5.69 Å². The molecule has 0 bridgehead atoms. The highest BCUT2D eigenvalue weighted by molar-refractivity contribution is 5.97. The maximum Gasteiger partial charge on any atom is 0.274 e. The fourth-order valence-electron chi connectivity index (χ4n) is 2.96. The molecule has 0 fully saturated rings.